The number of aromatic nitrogens is 1. The number of pyridine rings is 1. The van der Waals surface area contributed by atoms with Gasteiger partial charge in [0.05, 0.1) is 24.6 Å². The van der Waals surface area contributed by atoms with Crippen LogP contribution in [-0.4, -0.2) is 34.8 Å². The number of anilines is 1. The summed E-state index contributed by atoms with van der Waals surface area (Å²) in [5.41, 5.74) is 0.576. The Balaban J connectivity index is 1.64. The third-order valence-electron chi connectivity index (χ3n) is 5.46. The van der Waals surface area contributed by atoms with Crippen LogP contribution in [0.15, 0.2) is 58.1 Å². The largest absolute Gasteiger partial charge is 0.467 e. The zero-order valence-electron chi connectivity index (χ0n) is 18.0. The Morgan fingerprint density at radius 2 is 2.03 bits per heavy atom. The van der Waals surface area contributed by atoms with Crippen molar-refractivity contribution in [2.75, 3.05) is 18.5 Å². The molecule has 0 radical (unpaired) electrons. The van der Waals surface area contributed by atoms with Crippen LogP contribution in [0.1, 0.15) is 32.4 Å². The number of furan rings is 1. The summed E-state index contributed by atoms with van der Waals surface area (Å²) in [6.07, 6.45) is 5.31. The number of carbonyl (C=O) groups excluding carboxylic acids is 1. The summed E-state index contributed by atoms with van der Waals surface area (Å²) in [6, 6.07) is 10.8. The van der Waals surface area contributed by atoms with E-state index < -0.39 is 0 Å². The molecule has 0 aliphatic carbocycles. The lowest BCUT2D eigenvalue weighted by molar-refractivity contribution is 0.0803. The van der Waals surface area contributed by atoms with Crippen LogP contribution in [0.3, 0.4) is 0 Å². The molecule has 1 atom stereocenters. The second kappa shape index (κ2) is 9.39. The van der Waals surface area contributed by atoms with Crippen LogP contribution in [0.4, 0.5) is 10.5 Å². The average Bonchev–Trinajstić information content (AvgIpc) is 3.45. The van der Waals surface area contributed by atoms with Gasteiger partial charge >= 0.3 is 6.03 Å². The highest BCUT2D eigenvalue weighted by Gasteiger charge is 2.24. The van der Waals surface area contributed by atoms with Gasteiger partial charge in [-0.1, -0.05) is 32.0 Å². The molecule has 2 amide bonds. The first-order valence-electron chi connectivity index (χ1n) is 10.8. The molecule has 2 aromatic heterocycles. The Bertz CT molecular complexity index is 1080. The van der Waals surface area contributed by atoms with E-state index in [1.54, 1.807) is 28.0 Å². The normalized spacial score (nSPS) is 16.2. The minimum atomic E-state index is -0.244. The Labute approximate surface area is 181 Å². The molecule has 1 aromatic carbocycles. The fourth-order valence-electron chi connectivity index (χ4n) is 4.01. The minimum absolute atomic E-state index is 0.0207. The van der Waals surface area contributed by atoms with Gasteiger partial charge in [0, 0.05) is 36.7 Å². The van der Waals surface area contributed by atoms with Crippen LogP contribution < -0.4 is 10.9 Å². The summed E-state index contributed by atoms with van der Waals surface area (Å²) < 4.78 is 12.9. The second-order valence-electron chi connectivity index (χ2n) is 8.46. The molecule has 1 fully saturated rings. The first-order valence-corrected chi connectivity index (χ1v) is 10.8. The Kier molecular flexibility index (Phi) is 6.42. The molecule has 31 heavy (non-hydrogen) atoms. The van der Waals surface area contributed by atoms with Crippen LogP contribution in [0.2, 0.25) is 0 Å². The number of hydrogen-bond donors (Lipinski definition) is 1. The topological polar surface area (TPSA) is 76.7 Å². The zero-order chi connectivity index (χ0) is 21.8. The maximum absolute atomic E-state index is 13.3. The maximum atomic E-state index is 13.3. The molecule has 0 saturated carbocycles. The Morgan fingerprint density at radius 3 is 2.71 bits per heavy atom. The molecule has 7 nitrogen and oxygen atoms in total. The summed E-state index contributed by atoms with van der Waals surface area (Å²) >= 11 is 0. The van der Waals surface area contributed by atoms with Crippen LogP contribution in [0.25, 0.3) is 10.8 Å². The summed E-state index contributed by atoms with van der Waals surface area (Å²) in [4.78, 5) is 27.9. The molecular weight excluding hydrogens is 394 g/mol. The van der Waals surface area contributed by atoms with E-state index in [1.807, 2.05) is 30.3 Å². The summed E-state index contributed by atoms with van der Waals surface area (Å²) in [5.74, 6) is 1.01. The standard InChI is InChI=1S/C24H29N3O4/c1-17(2)13-26-16-22(20-9-3-4-10-21(20)23(26)28)25-24(29)27(14-18-7-5-11-30-18)15-19-8-6-12-31-19/h3-5,7,9-11,16-17,19H,6,8,12-15H2,1-2H3,(H,25,29)/t19-/m0/s1. The molecule has 1 aliphatic heterocycles. The number of rotatable bonds is 7. The first-order chi connectivity index (χ1) is 15.0. The van der Waals surface area contributed by atoms with Crippen molar-refractivity contribution in [1.82, 2.24) is 9.47 Å². The quantitative estimate of drug-likeness (QED) is 0.609. The number of urea groups is 1. The van der Waals surface area contributed by atoms with Crippen molar-refractivity contribution in [2.24, 2.45) is 5.92 Å². The third kappa shape index (κ3) is 4.99. The predicted molar refractivity (Wildman–Crippen MR) is 120 cm³/mol. The molecule has 3 heterocycles. The van der Waals surface area contributed by atoms with E-state index in [-0.39, 0.29) is 17.7 Å². The lowest BCUT2D eigenvalue weighted by Gasteiger charge is -2.25. The first kappa shape index (κ1) is 21.2. The van der Waals surface area contributed by atoms with Gasteiger partial charge in [-0.15, -0.1) is 0 Å². The second-order valence-corrected chi connectivity index (χ2v) is 8.46. The van der Waals surface area contributed by atoms with Crippen molar-refractivity contribution in [1.29, 1.82) is 0 Å². The van der Waals surface area contributed by atoms with Gasteiger partial charge in [-0.05, 0) is 37.0 Å². The van der Waals surface area contributed by atoms with E-state index in [4.69, 9.17) is 9.15 Å². The molecule has 164 valence electrons. The summed E-state index contributed by atoms with van der Waals surface area (Å²) in [6.45, 7) is 6.27. The van der Waals surface area contributed by atoms with Crippen molar-refractivity contribution >= 4 is 22.5 Å². The number of amides is 2. The molecule has 1 N–H and O–H groups in total. The van der Waals surface area contributed by atoms with Crippen LogP contribution in [0, 0.1) is 5.92 Å². The van der Waals surface area contributed by atoms with Crippen molar-refractivity contribution in [2.45, 2.75) is 45.9 Å². The van der Waals surface area contributed by atoms with Crippen molar-refractivity contribution in [3.05, 3.63) is 65.0 Å². The van der Waals surface area contributed by atoms with Gasteiger partial charge in [0.15, 0.2) is 0 Å². The molecule has 4 rings (SSSR count). The fourth-order valence-corrected chi connectivity index (χ4v) is 4.01. The number of hydrogen-bond acceptors (Lipinski definition) is 4. The molecule has 1 aliphatic rings. The number of carbonyl (C=O) groups is 1. The summed E-state index contributed by atoms with van der Waals surface area (Å²) in [5, 5.41) is 4.37. The lowest BCUT2D eigenvalue weighted by atomic mass is 10.1. The summed E-state index contributed by atoms with van der Waals surface area (Å²) in [7, 11) is 0. The van der Waals surface area contributed by atoms with Crippen LogP contribution in [-0.2, 0) is 17.8 Å². The van der Waals surface area contributed by atoms with E-state index >= 15 is 0 Å². The highest BCUT2D eigenvalue weighted by Crippen LogP contribution is 2.22. The van der Waals surface area contributed by atoms with Crippen LogP contribution >= 0.6 is 0 Å². The molecule has 3 aromatic rings. The van der Waals surface area contributed by atoms with E-state index in [2.05, 4.69) is 19.2 Å². The van der Waals surface area contributed by atoms with E-state index in [0.29, 0.717) is 42.4 Å². The smallest absolute Gasteiger partial charge is 0.322 e. The molecular formula is C24H29N3O4. The minimum Gasteiger partial charge on any atom is -0.467 e. The molecule has 0 unspecified atom stereocenters. The highest BCUT2D eigenvalue weighted by atomic mass is 16.5. The SMILES string of the molecule is CC(C)Cn1cc(NC(=O)N(Cc2ccco2)C[C@@H]2CCCO2)c2ccccc2c1=O. The molecule has 0 spiro atoms. The van der Waals surface area contributed by atoms with Gasteiger partial charge < -0.3 is 23.9 Å². The monoisotopic (exact) mass is 423 g/mol. The van der Waals surface area contributed by atoms with Crippen molar-refractivity contribution in [3.63, 3.8) is 0 Å². The predicted octanol–water partition coefficient (Wildman–Crippen LogP) is 4.46. The van der Waals surface area contributed by atoms with Gasteiger partial charge in [0.2, 0.25) is 0 Å². The fraction of sp³-hybridized carbons (Fsp3) is 0.417. The van der Waals surface area contributed by atoms with E-state index in [9.17, 15) is 9.59 Å². The lowest BCUT2D eigenvalue weighted by Crippen LogP contribution is -2.40. The van der Waals surface area contributed by atoms with Crippen LogP contribution in [0.5, 0.6) is 0 Å². The molecule has 0 bridgehead atoms. The van der Waals surface area contributed by atoms with Crippen molar-refractivity contribution < 1.29 is 13.9 Å². The zero-order valence-corrected chi connectivity index (χ0v) is 18.0. The molecule has 1 saturated heterocycles. The van der Waals surface area contributed by atoms with Gasteiger partial charge in [0.25, 0.3) is 5.56 Å². The van der Waals surface area contributed by atoms with Gasteiger partial charge in [-0.25, -0.2) is 4.79 Å². The van der Waals surface area contributed by atoms with Gasteiger partial charge in [0.1, 0.15) is 5.76 Å². The highest BCUT2D eigenvalue weighted by molar-refractivity contribution is 6.00. The van der Waals surface area contributed by atoms with Crippen molar-refractivity contribution in [3.8, 4) is 0 Å². The number of nitrogens with zero attached hydrogens (tertiary/aromatic N) is 2. The van der Waals surface area contributed by atoms with E-state index in [1.165, 1.54) is 0 Å². The Hall–Kier alpha value is -3.06. The third-order valence-corrected chi connectivity index (χ3v) is 5.46. The van der Waals surface area contributed by atoms with Gasteiger partial charge in [-0.2, -0.15) is 0 Å². The number of fused-ring (bicyclic) bond motifs is 1. The molecule has 7 heteroatoms. The average molecular weight is 424 g/mol. The Morgan fingerprint density at radius 1 is 1.23 bits per heavy atom. The van der Waals surface area contributed by atoms with Gasteiger partial charge in [-0.3, -0.25) is 4.79 Å². The number of nitrogens with one attached hydrogen (secondary N) is 1. The maximum Gasteiger partial charge on any atom is 0.322 e. The van der Waals surface area contributed by atoms with E-state index in [0.717, 1.165) is 24.8 Å². The number of benzene rings is 1. The number of ether oxygens (including phenoxy) is 1.